The van der Waals surface area contributed by atoms with Gasteiger partial charge in [0.05, 0.1) is 19.3 Å². The molecule has 0 saturated heterocycles. The maximum absolute atomic E-state index is 5.29. The topological polar surface area (TPSA) is 37.4 Å². The number of pyridine rings is 1. The zero-order valence-corrected chi connectivity index (χ0v) is 13.0. The standard InChI is InChI=1S/C15H27N3O/c1-7-15(3,18(4)5)14(17-8-2)12-9-13(19-6)11-16-10-12/h9-11,14,17H,7-8H2,1-6H3. The fraction of sp³-hybridized carbons (Fsp3) is 0.667. The largest absolute Gasteiger partial charge is 0.495 e. The van der Waals surface area contributed by atoms with Crippen molar-refractivity contribution in [3.05, 3.63) is 24.0 Å². The van der Waals surface area contributed by atoms with Crippen molar-refractivity contribution < 1.29 is 4.74 Å². The normalized spacial score (nSPS) is 16.2. The highest BCUT2D eigenvalue weighted by Gasteiger charge is 2.35. The van der Waals surface area contributed by atoms with Crippen molar-refractivity contribution in [3.63, 3.8) is 0 Å². The van der Waals surface area contributed by atoms with Crippen molar-refractivity contribution in [1.82, 2.24) is 15.2 Å². The zero-order valence-electron chi connectivity index (χ0n) is 13.0. The van der Waals surface area contributed by atoms with Crippen molar-refractivity contribution in [1.29, 1.82) is 0 Å². The van der Waals surface area contributed by atoms with Crippen LogP contribution < -0.4 is 10.1 Å². The summed E-state index contributed by atoms with van der Waals surface area (Å²) in [6, 6.07) is 2.29. The summed E-state index contributed by atoms with van der Waals surface area (Å²) in [7, 11) is 5.93. The van der Waals surface area contributed by atoms with Crippen LogP contribution in [0.1, 0.15) is 38.8 Å². The van der Waals surface area contributed by atoms with Gasteiger partial charge in [0.2, 0.25) is 0 Å². The molecule has 0 aromatic carbocycles. The molecule has 1 aromatic rings. The van der Waals surface area contributed by atoms with E-state index in [1.54, 1.807) is 13.3 Å². The Morgan fingerprint density at radius 1 is 1.37 bits per heavy atom. The third-order valence-corrected chi connectivity index (χ3v) is 4.07. The van der Waals surface area contributed by atoms with Gasteiger partial charge in [0.25, 0.3) is 0 Å². The lowest BCUT2D eigenvalue weighted by molar-refractivity contribution is 0.113. The fourth-order valence-electron chi connectivity index (χ4n) is 2.38. The van der Waals surface area contributed by atoms with Crippen LogP contribution in [-0.2, 0) is 0 Å². The van der Waals surface area contributed by atoms with Crippen LogP contribution in [0.15, 0.2) is 18.5 Å². The molecule has 4 heteroatoms. The average Bonchev–Trinajstić information content (AvgIpc) is 2.43. The van der Waals surface area contributed by atoms with Crippen molar-refractivity contribution >= 4 is 0 Å². The summed E-state index contributed by atoms with van der Waals surface area (Å²) in [4.78, 5) is 6.56. The molecule has 1 heterocycles. The third-order valence-electron chi connectivity index (χ3n) is 4.07. The average molecular weight is 265 g/mol. The number of aromatic nitrogens is 1. The van der Waals surface area contributed by atoms with E-state index in [4.69, 9.17) is 4.74 Å². The van der Waals surface area contributed by atoms with Crippen LogP contribution in [0.25, 0.3) is 0 Å². The molecule has 108 valence electrons. The van der Waals surface area contributed by atoms with Gasteiger partial charge in [0.1, 0.15) is 5.75 Å². The fourth-order valence-corrected chi connectivity index (χ4v) is 2.38. The van der Waals surface area contributed by atoms with Gasteiger partial charge < -0.3 is 15.0 Å². The molecule has 1 rings (SSSR count). The van der Waals surface area contributed by atoms with E-state index in [2.05, 4.69) is 56.1 Å². The molecule has 0 fully saturated rings. The van der Waals surface area contributed by atoms with Gasteiger partial charge in [0, 0.05) is 11.7 Å². The van der Waals surface area contributed by atoms with Crippen molar-refractivity contribution in [2.24, 2.45) is 0 Å². The first-order valence-electron chi connectivity index (χ1n) is 6.89. The minimum absolute atomic E-state index is 0.0318. The second kappa shape index (κ2) is 6.87. The molecule has 0 amide bonds. The number of ether oxygens (including phenoxy) is 1. The van der Waals surface area contributed by atoms with E-state index in [1.165, 1.54) is 5.56 Å². The van der Waals surface area contributed by atoms with E-state index in [0.717, 1.165) is 18.7 Å². The molecule has 19 heavy (non-hydrogen) atoms. The lowest BCUT2D eigenvalue weighted by atomic mass is 9.84. The van der Waals surface area contributed by atoms with Gasteiger partial charge in [-0.3, -0.25) is 4.98 Å². The molecule has 1 N–H and O–H groups in total. The van der Waals surface area contributed by atoms with Crippen LogP contribution in [0.5, 0.6) is 5.75 Å². The van der Waals surface area contributed by atoms with Crippen LogP contribution in [0, 0.1) is 0 Å². The van der Waals surface area contributed by atoms with E-state index in [1.807, 2.05) is 6.20 Å². The quantitative estimate of drug-likeness (QED) is 0.822. The lowest BCUT2D eigenvalue weighted by Gasteiger charge is -2.43. The number of likely N-dealkylation sites (N-methyl/N-ethyl adjacent to an activating group) is 2. The Hall–Kier alpha value is -1.13. The molecule has 0 aliphatic rings. The van der Waals surface area contributed by atoms with Crippen LogP contribution in [-0.4, -0.2) is 43.2 Å². The smallest absolute Gasteiger partial charge is 0.137 e. The molecule has 2 atom stereocenters. The first-order chi connectivity index (χ1) is 8.99. The summed E-state index contributed by atoms with van der Waals surface area (Å²) < 4.78 is 5.29. The lowest BCUT2D eigenvalue weighted by Crippen LogP contribution is -2.51. The number of hydrogen-bond acceptors (Lipinski definition) is 4. The molecule has 1 aromatic heterocycles. The molecule has 4 nitrogen and oxygen atoms in total. The monoisotopic (exact) mass is 265 g/mol. The Morgan fingerprint density at radius 2 is 2.05 bits per heavy atom. The minimum Gasteiger partial charge on any atom is -0.495 e. The van der Waals surface area contributed by atoms with Gasteiger partial charge in [-0.25, -0.2) is 0 Å². The molecule has 2 unspecified atom stereocenters. The molecule has 0 radical (unpaired) electrons. The van der Waals surface area contributed by atoms with Gasteiger partial charge in [0.15, 0.2) is 0 Å². The van der Waals surface area contributed by atoms with E-state index in [-0.39, 0.29) is 11.6 Å². The van der Waals surface area contributed by atoms with Crippen molar-refractivity contribution in [2.75, 3.05) is 27.7 Å². The maximum Gasteiger partial charge on any atom is 0.137 e. The number of rotatable bonds is 7. The number of methoxy groups -OCH3 is 1. The SMILES string of the molecule is CCNC(c1cncc(OC)c1)C(C)(CC)N(C)C. The van der Waals surface area contributed by atoms with Crippen LogP contribution >= 0.6 is 0 Å². The summed E-state index contributed by atoms with van der Waals surface area (Å²) in [5, 5.41) is 3.59. The van der Waals surface area contributed by atoms with Crippen molar-refractivity contribution in [2.45, 2.75) is 38.8 Å². The van der Waals surface area contributed by atoms with Gasteiger partial charge in [-0.2, -0.15) is 0 Å². The Bertz CT molecular complexity index is 395. The number of hydrogen-bond donors (Lipinski definition) is 1. The molecule has 0 aliphatic heterocycles. The molecule has 0 bridgehead atoms. The van der Waals surface area contributed by atoms with E-state index in [0.29, 0.717) is 0 Å². The van der Waals surface area contributed by atoms with Crippen LogP contribution in [0.3, 0.4) is 0 Å². The van der Waals surface area contributed by atoms with Crippen LogP contribution in [0.2, 0.25) is 0 Å². The highest BCUT2D eigenvalue weighted by atomic mass is 16.5. The minimum atomic E-state index is 0.0318. The second-order valence-corrected chi connectivity index (χ2v) is 5.25. The first kappa shape index (κ1) is 15.9. The highest BCUT2D eigenvalue weighted by Crippen LogP contribution is 2.33. The summed E-state index contributed by atoms with van der Waals surface area (Å²) in [6.45, 7) is 7.55. The molecular weight excluding hydrogens is 238 g/mol. The van der Waals surface area contributed by atoms with Gasteiger partial charge in [-0.1, -0.05) is 13.8 Å². The van der Waals surface area contributed by atoms with E-state index < -0.39 is 0 Å². The Morgan fingerprint density at radius 3 is 2.53 bits per heavy atom. The third kappa shape index (κ3) is 3.45. The predicted octanol–water partition coefficient (Wildman–Crippen LogP) is 2.47. The van der Waals surface area contributed by atoms with Gasteiger partial charge >= 0.3 is 0 Å². The molecule has 0 aliphatic carbocycles. The Balaban J connectivity index is 3.18. The van der Waals surface area contributed by atoms with Crippen molar-refractivity contribution in [3.8, 4) is 5.75 Å². The van der Waals surface area contributed by atoms with Gasteiger partial charge in [-0.05, 0) is 45.6 Å². The van der Waals surface area contributed by atoms with E-state index in [9.17, 15) is 0 Å². The zero-order chi connectivity index (χ0) is 14.5. The summed E-state index contributed by atoms with van der Waals surface area (Å²) in [5.74, 6) is 0.803. The van der Waals surface area contributed by atoms with E-state index >= 15 is 0 Å². The van der Waals surface area contributed by atoms with Crippen LogP contribution in [0.4, 0.5) is 0 Å². The number of nitrogens with one attached hydrogen (secondary N) is 1. The maximum atomic E-state index is 5.29. The highest BCUT2D eigenvalue weighted by molar-refractivity contribution is 5.28. The summed E-state index contributed by atoms with van der Waals surface area (Å²) >= 11 is 0. The predicted molar refractivity (Wildman–Crippen MR) is 79.6 cm³/mol. The summed E-state index contributed by atoms with van der Waals surface area (Å²) in [6.07, 6.45) is 4.72. The molecule has 0 saturated carbocycles. The second-order valence-electron chi connectivity index (χ2n) is 5.25. The number of nitrogens with zero attached hydrogens (tertiary/aromatic N) is 2. The first-order valence-corrected chi connectivity index (χ1v) is 6.89. The Kier molecular flexibility index (Phi) is 5.76. The summed E-state index contributed by atoms with van der Waals surface area (Å²) in [5.41, 5.74) is 1.20. The molecule has 0 spiro atoms. The molecular formula is C15H27N3O. The van der Waals surface area contributed by atoms with Gasteiger partial charge in [-0.15, -0.1) is 0 Å². The Labute approximate surface area is 117 Å².